The number of carbonyl (C=O) groups is 2. The van der Waals surface area contributed by atoms with Crippen LogP contribution in [0.5, 0.6) is 0 Å². The summed E-state index contributed by atoms with van der Waals surface area (Å²) in [7, 11) is 1.58. The number of rotatable bonds is 4. The summed E-state index contributed by atoms with van der Waals surface area (Å²) in [4.78, 5) is 23.8. The van der Waals surface area contributed by atoms with Gasteiger partial charge in [0, 0.05) is 19.3 Å². The van der Waals surface area contributed by atoms with Crippen molar-refractivity contribution in [3.8, 4) is 0 Å². The molecule has 5 heteroatoms. The van der Waals surface area contributed by atoms with E-state index in [1.165, 1.54) is 4.90 Å². The first-order valence-corrected chi connectivity index (χ1v) is 6.13. The van der Waals surface area contributed by atoms with Gasteiger partial charge in [0.1, 0.15) is 0 Å². The van der Waals surface area contributed by atoms with Gasteiger partial charge in [-0.15, -0.1) is 0 Å². The third-order valence-electron chi connectivity index (χ3n) is 2.92. The van der Waals surface area contributed by atoms with Crippen molar-refractivity contribution >= 4 is 17.7 Å². The van der Waals surface area contributed by atoms with E-state index in [2.05, 4.69) is 5.32 Å². The van der Waals surface area contributed by atoms with Crippen LogP contribution in [0, 0.1) is 20.8 Å². The van der Waals surface area contributed by atoms with Crippen LogP contribution in [0.1, 0.15) is 23.1 Å². The molecule has 1 rings (SSSR count). The number of hydrogen-bond acceptors (Lipinski definition) is 2. The molecule has 1 aromatic carbocycles. The molecule has 0 heterocycles. The molecule has 1 aromatic rings. The van der Waals surface area contributed by atoms with Gasteiger partial charge in [0.05, 0.1) is 6.42 Å². The lowest BCUT2D eigenvalue weighted by Gasteiger charge is -2.19. The number of aliphatic carboxylic acids is 1. The van der Waals surface area contributed by atoms with Gasteiger partial charge < -0.3 is 15.3 Å². The van der Waals surface area contributed by atoms with Gasteiger partial charge in [-0.1, -0.05) is 17.7 Å². The molecule has 0 unspecified atom stereocenters. The minimum atomic E-state index is -0.914. The lowest BCUT2D eigenvalue weighted by atomic mass is 10.1. The monoisotopic (exact) mass is 264 g/mol. The molecule has 0 aliphatic heterocycles. The van der Waals surface area contributed by atoms with E-state index in [0.29, 0.717) is 0 Å². The standard InChI is InChI=1S/C14H20N2O3/c1-9-7-10(2)13(11(3)8-9)15-14(19)16(4)6-5-12(17)18/h7-8H,5-6H2,1-4H3,(H,15,19)(H,17,18). The molecule has 0 saturated heterocycles. The van der Waals surface area contributed by atoms with Crippen LogP contribution in [0.15, 0.2) is 12.1 Å². The van der Waals surface area contributed by atoms with E-state index in [4.69, 9.17) is 5.11 Å². The number of carboxylic acid groups (broad SMARTS) is 1. The average Bonchev–Trinajstić information content (AvgIpc) is 2.30. The molecule has 0 atom stereocenters. The first kappa shape index (κ1) is 15.0. The van der Waals surface area contributed by atoms with Gasteiger partial charge in [0.2, 0.25) is 0 Å². The molecule has 104 valence electrons. The van der Waals surface area contributed by atoms with Crippen molar-refractivity contribution < 1.29 is 14.7 Å². The van der Waals surface area contributed by atoms with Crippen molar-refractivity contribution in [2.45, 2.75) is 27.2 Å². The van der Waals surface area contributed by atoms with Crippen LogP contribution in [0.25, 0.3) is 0 Å². The zero-order chi connectivity index (χ0) is 14.6. The summed E-state index contributed by atoms with van der Waals surface area (Å²) < 4.78 is 0. The number of anilines is 1. The van der Waals surface area contributed by atoms with E-state index in [-0.39, 0.29) is 19.0 Å². The number of carbonyl (C=O) groups excluding carboxylic acids is 1. The van der Waals surface area contributed by atoms with Crippen molar-refractivity contribution in [2.24, 2.45) is 0 Å². The number of aryl methyl sites for hydroxylation is 3. The van der Waals surface area contributed by atoms with E-state index in [1.807, 2.05) is 32.9 Å². The number of hydrogen-bond donors (Lipinski definition) is 2. The van der Waals surface area contributed by atoms with Crippen LogP contribution in [0.4, 0.5) is 10.5 Å². The van der Waals surface area contributed by atoms with Gasteiger partial charge in [0.25, 0.3) is 0 Å². The largest absolute Gasteiger partial charge is 0.481 e. The van der Waals surface area contributed by atoms with Crippen LogP contribution < -0.4 is 5.32 Å². The zero-order valence-electron chi connectivity index (χ0n) is 11.8. The zero-order valence-corrected chi connectivity index (χ0v) is 11.8. The number of amides is 2. The number of nitrogens with zero attached hydrogens (tertiary/aromatic N) is 1. The predicted octanol–water partition coefficient (Wildman–Crippen LogP) is 2.55. The number of carboxylic acids is 1. The molecule has 5 nitrogen and oxygen atoms in total. The fourth-order valence-electron chi connectivity index (χ4n) is 1.94. The molecule has 0 bridgehead atoms. The Balaban J connectivity index is 2.74. The summed E-state index contributed by atoms with van der Waals surface area (Å²) in [6.45, 7) is 6.06. The van der Waals surface area contributed by atoms with Crippen LogP contribution in [-0.4, -0.2) is 35.6 Å². The molecule has 0 fully saturated rings. The van der Waals surface area contributed by atoms with Crippen LogP contribution in [0.2, 0.25) is 0 Å². The number of urea groups is 1. The van der Waals surface area contributed by atoms with E-state index >= 15 is 0 Å². The molecule has 0 saturated carbocycles. The minimum Gasteiger partial charge on any atom is -0.481 e. The number of benzene rings is 1. The first-order chi connectivity index (χ1) is 8.81. The van der Waals surface area contributed by atoms with E-state index in [0.717, 1.165) is 22.4 Å². The molecule has 2 N–H and O–H groups in total. The van der Waals surface area contributed by atoms with Crippen molar-refractivity contribution in [3.05, 3.63) is 28.8 Å². The second-order valence-electron chi connectivity index (χ2n) is 4.77. The summed E-state index contributed by atoms with van der Waals surface area (Å²) in [5, 5.41) is 11.4. The maximum atomic E-state index is 11.9. The molecule has 0 aliphatic rings. The summed E-state index contributed by atoms with van der Waals surface area (Å²) in [6.07, 6.45) is -0.0597. The third-order valence-corrected chi connectivity index (χ3v) is 2.92. The summed E-state index contributed by atoms with van der Waals surface area (Å²) >= 11 is 0. The summed E-state index contributed by atoms with van der Waals surface area (Å²) in [5.74, 6) is -0.914. The molecule has 2 amide bonds. The Bertz CT molecular complexity index is 474. The SMILES string of the molecule is Cc1cc(C)c(NC(=O)N(C)CCC(=O)O)c(C)c1. The normalized spacial score (nSPS) is 10.1. The molecule has 0 aromatic heterocycles. The van der Waals surface area contributed by atoms with Crippen LogP contribution in [0.3, 0.4) is 0 Å². The maximum absolute atomic E-state index is 11.9. The van der Waals surface area contributed by atoms with Gasteiger partial charge in [-0.3, -0.25) is 4.79 Å². The van der Waals surface area contributed by atoms with E-state index in [9.17, 15) is 9.59 Å². The molecule has 0 aliphatic carbocycles. The summed E-state index contributed by atoms with van der Waals surface area (Å²) in [5.41, 5.74) is 3.93. The highest BCUT2D eigenvalue weighted by Crippen LogP contribution is 2.22. The summed E-state index contributed by atoms with van der Waals surface area (Å²) in [6, 6.07) is 3.70. The fourth-order valence-corrected chi connectivity index (χ4v) is 1.94. The highest BCUT2D eigenvalue weighted by molar-refractivity contribution is 5.91. The Morgan fingerprint density at radius 3 is 2.21 bits per heavy atom. The Kier molecular flexibility index (Phi) is 4.92. The number of nitrogens with one attached hydrogen (secondary N) is 1. The van der Waals surface area contributed by atoms with Crippen molar-refractivity contribution in [1.29, 1.82) is 0 Å². The van der Waals surface area contributed by atoms with Gasteiger partial charge in [-0.05, 0) is 31.9 Å². The van der Waals surface area contributed by atoms with Gasteiger partial charge in [0.15, 0.2) is 0 Å². The maximum Gasteiger partial charge on any atom is 0.321 e. The molecular formula is C14H20N2O3. The van der Waals surface area contributed by atoms with Crippen molar-refractivity contribution in [1.82, 2.24) is 4.90 Å². The van der Waals surface area contributed by atoms with E-state index in [1.54, 1.807) is 7.05 Å². The Morgan fingerprint density at radius 2 is 1.74 bits per heavy atom. The Labute approximate surface area is 113 Å². The van der Waals surface area contributed by atoms with Crippen molar-refractivity contribution in [2.75, 3.05) is 18.9 Å². The highest BCUT2D eigenvalue weighted by Gasteiger charge is 2.13. The lowest BCUT2D eigenvalue weighted by molar-refractivity contribution is -0.137. The van der Waals surface area contributed by atoms with Gasteiger partial charge in [-0.2, -0.15) is 0 Å². The average molecular weight is 264 g/mol. The van der Waals surface area contributed by atoms with E-state index < -0.39 is 5.97 Å². The minimum absolute atomic E-state index is 0.0597. The second-order valence-corrected chi connectivity index (χ2v) is 4.77. The third kappa shape index (κ3) is 4.28. The molecule has 0 radical (unpaired) electrons. The quantitative estimate of drug-likeness (QED) is 0.878. The highest BCUT2D eigenvalue weighted by atomic mass is 16.4. The Morgan fingerprint density at radius 1 is 1.21 bits per heavy atom. The van der Waals surface area contributed by atoms with Crippen LogP contribution >= 0.6 is 0 Å². The fraction of sp³-hybridized carbons (Fsp3) is 0.429. The van der Waals surface area contributed by atoms with Crippen molar-refractivity contribution in [3.63, 3.8) is 0 Å². The molecular weight excluding hydrogens is 244 g/mol. The van der Waals surface area contributed by atoms with Gasteiger partial charge >= 0.3 is 12.0 Å². The lowest BCUT2D eigenvalue weighted by Crippen LogP contribution is -2.33. The topological polar surface area (TPSA) is 69.6 Å². The van der Waals surface area contributed by atoms with Crippen LogP contribution in [-0.2, 0) is 4.79 Å². The second kappa shape index (κ2) is 6.22. The smallest absolute Gasteiger partial charge is 0.321 e. The van der Waals surface area contributed by atoms with Gasteiger partial charge in [-0.25, -0.2) is 4.79 Å². The predicted molar refractivity (Wildman–Crippen MR) is 74.6 cm³/mol. The Hall–Kier alpha value is -2.04. The first-order valence-electron chi connectivity index (χ1n) is 6.13. The molecule has 0 spiro atoms. The molecule has 19 heavy (non-hydrogen) atoms.